The molecule has 0 bridgehead atoms. The van der Waals surface area contributed by atoms with Crippen LogP contribution in [0.25, 0.3) is 0 Å². The van der Waals surface area contributed by atoms with Gasteiger partial charge in [-0.3, -0.25) is 0 Å². The molecule has 0 amide bonds. The Morgan fingerprint density at radius 3 is 2.22 bits per heavy atom. The van der Waals surface area contributed by atoms with Gasteiger partial charge in [0.2, 0.25) is 0 Å². The first-order chi connectivity index (χ1) is 8.79. The minimum absolute atomic E-state index is 0.270. The van der Waals surface area contributed by atoms with Crippen molar-refractivity contribution >= 4 is 17.7 Å². The van der Waals surface area contributed by atoms with E-state index in [0.29, 0.717) is 12.2 Å². The van der Waals surface area contributed by atoms with Gasteiger partial charge < -0.3 is 4.74 Å². The van der Waals surface area contributed by atoms with Crippen molar-refractivity contribution in [1.82, 2.24) is 0 Å². The highest BCUT2D eigenvalue weighted by molar-refractivity contribution is 7.99. The smallest absolute Gasteiger partial charge is 0.338 e. The molecule has 2 aromatic rings. The first kappa shape index (κ1) is 12.7. The van der Waals surface area contributed by atoms with Gasteiger partial charge in [-0.1, -0.05) is 30.0 Å². The second-order valence-electron chi connectivity index (χ2n) is 3.66. The molecular weight excluding hydrogens is 244 g/mol. The fraction of sp³-hybridized carbons (Fsp3) is 0.133. The van der Waals surface area contributed by atoms with Crippen molar-refractivity contribution in [2.24, 2.45) is 0 Å². The summed E-state index contributed by atoms with van der Waals surface area (Å²) in [7, 11) is 0. The predicted octanol–water partition coefficient (Wildman–Crippen LogP) is 4.01. The minimum atomic E-state index is -0.270. The normalized spacial score (nSPS) is 10.1. The molecule has 0 atom stereocenters. The van der Waals surface area contributed by atoms with E-state index in [1.165, 1.54) is 4.90 Å². The molecule has 0 aliphatic rings. The maximum Gasteiger partial charge on any atom is 0.338 e. The maximum absolute atomic E-state index is 11.5. The van der Waals surface area contributed by atoms with E-state index in [9.17, 15) is 4.79 Å². The standard InChI is InChI=1S/C15H14O2S/c1-2-17-15(16)12-8-10-14(11-9-12)18-13-6-4-3-5-7-13/h3-11H,2H2,1H3. The molecule has 0 saturated heterocycles. The van der Waals surface area contributed by atoms with Crippen molar-refractivity contribution in [3.05, 3.63) is 60.2 Å². The van der Waals surface area contributed by atoms with Crippen molar-refractivity contribution < 1.29 is 9.53 Å². The van der Waals surface area contributed by atoms with Crippen LogP contribution in [0.1, 0.15) is 17.3 Å². The van der Waals surface area contributed by atoms with Crippen molar-refractivity contribution in [2.45, 2.75) is 16.7 Å². The maximum atomic E-state index is 11.5. The van der Waals surface area contributed by atoms with Crippen LogP contribution in [0.15, 0.2) is 64.4 Å². The molecular formula is C15H14O2S. The fourth-order valence-corrected chi connectivity index (χ4v) is 2.34. The molecule has 18 heavy (non-hydrogen) atoms. The van der Waals surface area contributed by atoms with E-state index in [1.54, 1.807) is 30.8 Å². The molecule has 0 spiro atoms. The Morgan fingerprint density at radius 2 is 1.61 bits per heavy atom. The van der Waals surface area contributed by atoms with Gasteiger partial charge >= 0.3 is 5.97 Å². The van der Waals surface area contributed by atoms with Crippen molar-refractivity contribution in [3.8, 4) is 0 Å². The third-order valence-corrected chi connectivity index (χ3v) is 3.36. The lowest BCUT2D eigenvalue weighted by molar-refractivity contribution is 0.0526. The van der Waals surface area contributed by atoms with Crippen LogP contribution in [0.5, 0.6) is 0 Å². The molecule has 0 aliphatic carbocycles. The highest BCUT2D eigenvalue weighted by atomic mass is 32.2. The van der Waals surface area contributed by atoms with Gasteiger partial charge in [0.1, 0.15) is 0 Å². The van der Waals surface area contributed by atoms with E-state index in [1.807, 2.05) is 30.3 Å². The van der Waals surface area contributed by atoms with Crippen LogP contribution in [0.3, 0.4) is 0 Å². The van der Waals surface area contributed by atoms with Gasteiger partial charge in [-0.05, 0) is 43.3 Å². The molecule has 0 radical (unpaired) electrons. The predicted molar refractivity (Wildman–Crippen MR) is 73.0 cm³/mol. The van der Waals surface area contributed by atoms with Gasteiger partial charge in [0, 0.05) is 9.79 Å². The largest absolute Gasteiger partial charge is 0.462 e. The van der Waals surface area contributed by atoms with Crippen LogP contribution in [-0.2, 0) is 4.74 Å². The van der Waals surface area contributed by atoms with Crippen LogP contribution in [-0.4, -0.2) is 12.6 Å². The van der Waals surface area contributed by atoms with Crippen LogP contribution >= 0.6 is 11.8 Å². The number of hydrogen-bond donors (Lipinski definition) is 0. The van der Waals surface area contributed by atoms with Crippen molar-refractivity contribution in [1.29, 1.82) is 0 Å². The first-order valence-corrected chi connectivity index (χ1v) is 6.61. The molecule has 2 aromatic carbocycles. The third-order valence-electron chi connectivity index (χ3n) is 2.34. The van der Waals surface area contributed by atoms with Crippen molar-refractivity contribution in [3.63, 3.8) is 0 Å². The second-order valence-corrected chi connectivity index (χ2v) is 4.81. The second kappa shape index (κ2) is 6.26. The zero-order chi connectivity index (χ0) is 12.8. The molecule has 2 rings (SSSR count). The van der Waals surface area contributed by atoms with Gasteiger partial charge in [0.25, 0.3) is 0 Å². The van der Waals surface area contributed by atoms with Crippen LogP contribution in [0.2, 0.25) is 0 Å². The number of rotatable bonds is 4. The Balaban J connectivity index is 2.06. The molecule has 3 heteroatoms. The molecule has 0 unspecified atom stereocenters. The van der Waals surface area contributed by atoms with Gasteiger partial charge in [-0.15, -0.1) is 0 Å². The van der Waals surface area contributed by atoms with E-state index >= 15 is 0 Å². The van der Waals surface area contributed by atoms with E-state index < -0.39 is 0 Å². The molecule has 0 heterocycles. The average molecular weight is 258 g/mol. The summed E-state index contributed by atoms with van der Waals surface area (Å²) in [5, 5.41) is 0. The summed E-state index contributed by atoms with van der Waals surface area (Å²) in [6.07, 6.45) is 0. The topological polar surface area (TPSA) is 26.3 Å². The summed E-state index contributed by atoms with van der Waals surface area (Å²) in [4.78, 5) is 13.8. The summed E-state index contributed by atoms with van der Waals surface area (Å²) in [5.74, 6) is -0.270. The van der Waals surface area contributed by atoms with Gasteiger partial charge in [-0.2, -0.15) is 0 Å². The van der Waals surface area contributed by atoms with Gasteiger partial charge in [0.15, 0.2) is 0 Å². The summed E-state index contributed by atoms with van der Waals surface area (Å²) < 4.78 is 4.94. The number of esters is 1. The molecule has 2 nitrogen and oxygen atoms in total. The Kier molecular flexibility index (Phi) is 4.42. The van der Waals surface area contributed by atoms with Crippen molar-refractivity contribution in [2.75, 3.05) is 6.61 Å². The van der Waals surface area contributed by atoms with E-state index in [0.717, 1.165) is 4.90 Å². The lowest BCUT2D eigenvalue weighted by Crippen LogP contribution is -2.03. The Morgan fingerprint density at radius 1 is 1.00 bits per heavy atom. The first-order valence-electron chi connectivity index (χ1n) is 5.79. The number of carbonyl (C=O) groups excluding carboxylic acids is 1. The Labute approximate surface area is 111 Å². The molecule has 0 aliphatic heterocycles. The third kappa shape index (κ3) is 3.37. The van der Waals surface area contributed by atoms with E-state index in [2.05, 4.69) is 12.1 Å². The summed E-state index contributed by atoms with van der Waals surface area (Å²) in [5.41, 5.74) is 0.592. The van der Waals surface area contributed by atoms with Crippen LogP contribution < -0.4 is 0 Å². The number of hydrogen-bond acceptors (Lipinski definition) is 3. The monoisotopic (exact) mass is 258 g/mol. The molecule has 0 saturated carbocycles. The SMILES string of the molecule is CCOC(=O)c1ccc(Sc2ccccc2)cc1. The molecule has 92 valence electrons. The minimum Gasteiger partial charge on any atom is -0.462 e. The number of carbonyl (C=O) groups is 1. The lowest BCUT2D eigenvalue weighted by atomic mass is 10.2. The molecule has 0 N–H and O–H groups in total. The quantitative estimate of drug-likeness (QED) is 0.775. The summed E-state index contributed by atoms with van der Waals surface area (Å²) in [6.45, 7) is 2.21. The Bertz CT molecular complexity index is 506. The summed E-state index contributed by atoms with van der Waals surface area (Å²) >= 11 is 1.67. The Hall–Kier alpha value is -1.74. The van der Waals surface area contributed by atoms with Gasteiger partial charge in [-0.25, -0.2) is 4.79 Å². The lowest BCUT2D eigenvalue weighted by Gasteiger charge is -2.04. The highest BCUT2D eigenvalue weighted by Gasteiger charge is 2.05. The molecule has 0 fully saturated rings. The number of benzene rings is 2. The van der Waals surface area contributed by atoms with E-state index in [-0.39, 0.29) is 5.97 Å². The van der Waals surface area contributed by atoms with E-state index in [4.69, 9.17) is 4.74 Å². The molecule has 0 aromatic heterocycles. The highest BCUT2D eigenvalue weighted by Crippen LogP contribution is 2.27. The van der Waals surface area contributed by atoms with Crippen LogP contribution in [0, 0.1) is 0 Å². The zero-order valence-corrected chi connectivity index (χ0v) is 10.9. The fourth-order valence-electron chi connectivity index (χ4n) is 1.50. The summed E-state index contributed by atoms with van der Waals surface area (Å²) in [6, 6.07) is 17.6. The average Bonchev–Trinajstić information content (AvgIpc) is 2.41. The van der Waals surface area contributed by atoms with Crippen LogP contribution in [0.4, 0.5) is 0 Å². The number of ether oxygens (including phenoxy) is 1. The zero-order valence-electron chi connectivity index (χ0n) is 10.1. The van der Waals surface area contributed by atoms with Gasteiger partial charge in [0.05, 0.1) is 12.2 Å².